The first-order valence-corrected chi connectivity index (χ1v) is 4.59. The van der Waals surface area contributed by atoms with Crippen LogP contribution in [0.25, 0.3) is 0 Å². The first-order valence-electron chi connectivity index (χ1n) is 2.66. The number of carbonyl (C=O) groups is 1. The minimum absolute atomic E-state index is 0.0860. The van der Waals surface area contributed by atoms with Crippen molar-refractivity contribution in [3.05, 3.63) is 0 Å². The van der Waals surface area contributed by atoms with E-state index in [2.05, 4.69) is 4.74 Å². The summed E-state index contributed by atoms with van der Waals surface area (Å²) in [6, 6.07) is 0. The van der Waals surface area contributed by atoms with Gasteiger partial charge in [0, 0.05) is 11.6 Å². The quantitative estimate of drug-likeness (QED) is 0.507. The summed E-state index contributed by atoms with van der Waals surface area (Å²) in [4.78, 5) is 9.87. The van der Waals surface area contributed by atoms with Gasteiger partial charge in [-0.05, 0) is 6.42 Å². The average molecular weight is 205 g/mol. The maximum atomic E-state index is 11.7. The van der Waals surface area contributed by atoms with Crippen LogP contribution in [0, 0.1) is 0 Å². The van der Waals surface area contributed by atoms with E-state index < -0.39 is 21.4 Å². The smallest absolute Gasteiger partial charge is 0.403 e. The van der Waals surface area contributed by atoms with E-state index in [1.54, 1.807) is 0 Å². The minimum Gasteiger partial charge on any atom is -0.454 e. The molecule has 0 amide bonds. The van der Waals surface area contributed by atoms with Crippen LogP contribution in [0.5, 0.6) is 0 Å². The van der Waals surface area contributed by atoms with Crippen LogP contribution in [-0.2, 0) is 15.0 Å². The highest BCUT2D eigenvalue weighted by atomic mass is 35.5. The Labute approximate surface area is 68.5 Å². The monoisotopic (exact) mass is 204 g/mol. The zero-order chi connectivity index (χ0) is 8.91. The lowest BCUT2D eigenvalue weighted by Crippen LogP contribution is -2.04. The minimum atomic E-state index is -4.46. The van der Waals surface area contributed by atoms with Crippen molar-refractivity contribution < 1.29 is 21.8 Å². The maximum Gasteiger partial charge on any atom is 0.403 e. The Hall–Kier alpha value is -0.360. The predicted molar refractivity (Wildman–Crippen MR) is 36.7 cm³/mol. The van der Waals surface area contributed by atoms with Crippen LogP contribution in [0.15, 0.2) is 0 Å². The van der Waals surface area contributed by atoms with Gasteiger partial charge in [-0.25, -0.2) is 4.79 Å². The van der Waals surface area contributed by atoms with Crippen molar-refractivity contribution in [2.24, 2.45) is 0 Å². The highest BCUT2D eigenvalue weighted by molar-refractivity contribution is 7.86. The number of carbonyl (C=O) groups excluding carboxylic acids is 1. The van der Waals surface area contributed by atoms with Crippen LogP contribution in [0.4, 0.5) is 8.68 Å². The topological polar surface area (TPSA) is 60.4 Å². The fourth-order valence-corrected chi connectivity index (χ4v) is 0.924. The van der Waals surface area contributed by atoms with E-state index in [4.69, 9.17) is 11.6 Å². The Kier molecular flexibility index (Phi) is 4.36. The molecule has 7 heteroatoms. The molecule has 0 aromatic heterocycles. The third kappa shape index (κ3) is 9.64. The molecule has 0 fully saturated rings. The van der Waals surface area contributed by atoms with Gasteiger partial charge in [0.05, 0.1) is 12.4 Å². The summed E-state index contributed by atoms with van der Waals surface area (Å²) < 4.78 is 35.5. The molecule has 0 saturated carbocycles. The van der Waals surface area contributed by atoms with Crippen molar-refractivity contribution in [1.82, 2.24) is 0 Å². The third-order valence-electron chi connectivity index (χ3n) is 0.748. The molecule has 0 aliphatic heterocycles. The van der Waals surface area contributed by atoms with E-state index in [9.17, 15) is 17.1 Å². The van der Waals surface area contributed by atoms with Crippen LogP contribution in [0.2, 0.25) is 0 Å². The molecular formula is C4H6ClFO4S. The number of rotatable bonds is 4. The van der Waals surface area contributed by atoms with Gasteiger partial charge >= 0.3 is 15.7 Å². The summed E-state index contributed by atoms with van der Waals surface area (Å²) in [6.45, 7) is -0.189. The fourth-order valence-electron chi connectivity index (χ4n) is 0.384. The molecule has 0 aromatic rings. The molecule has 11 heavy (non-hydrogen) atoms. The Morgan fingerprint density at radius 2 is 2.09 bits per heavy atom. The largest absolute Gasteiger partial charge is 0.454 e. The lowest BCUT2D eigenvalue weighted by atomic mass is 10.5. The van der Waals surface area contributed by atoms with Crippen molar-refractivity contribution in [3.8, 4) is 0 Å². The number of hydrogen-bond donors (Lipinski definition) is 0. The van der Waals surface area contributed by atoms with Crippen LogP contribution in [0.3, 0.4) is 0 Å². The summed E-state index contributed by atoms with van der Waals surface area (Å²) in [5.41, 5.74) is -1.03. The Bertz CT molecular complexity index is 224. The molecule has 0 aliphatic carbocycles. The SMILES string of the molecule is O=C(Cl)OCCCS(=O)(=O)F. The lowest BCUT2D eigenvalue weighted by Gasteiger charge is -1.96. The van der Waals surface area contributed by atoms with Crippen LogP contribution >= 0.6 is 11.6 Å². The van der Waals surface area contributed by atoms with E-state index in [1.807, 2.05) is 0 Å². The highest BCUT2D eigenvalue weighted by Crippen LogP contribution is 1.96. The number of ether oxygens (including phenoxy) is 1. The van der Waals surface area contributed by atoms with E-state index in [-0.39, 0.29) is 13.0 Å². The Morgan fingerprint density at radius 3 is 2.45 bits per heavy atom. The first kappa shape index (κ1) is 10.6. The summed E-state index contributed by atoms with van der Waals surface area (Å²) in [7, 11) is -4.46. The van der Waals surface area contributed by atoms with Gasteiger partial charge in [0.1, 0.15) is 0 Å². The third-order valence-corrected chi connectivity index (χ3v) is 1.63. The molecular weight excluding hydrogens is 199 g/mol. The van der Waals surface area contributed by atoms with Gasteiger partial charge in [-0.1, -0.05) is 0 Å². The van der Waals surface area contributed by atoms with Gasteiger partial charge in [-0.3, -0.25) is 0 Å². The molecule has 0 N–H and O–H groups in total. The molecule has 66 valence electrons. The van der Waals surface area contributed by atoms with Crippen molar-refractivity contribution >= 4 is 27.3 Å². The molecule has 0 saturated heterocycles. The molecule has 0 spiro atoms. The average Bonchev–Trinajstić information content (AvgIpc) is 1.78. The van der Waals surface area contributed by atoms with Crippen molar-refractivity contribution in [2.45, 2.75) is 6.42 Å². The van der Waals surface area contributed by atoms with Crippen LogP contribution < -0.4 is 0 Å². The Balaban J connectivity index is 3.37. The Morgan fingerprint density at radius 1 is 1.55 bits per heavy atom. The number of halogens is 2. The van der Waals surface area contributed by atoms with Gasteiger partial charge in [-0.2, -0.15) is 8.42 Å². The molecule has 0 aliphatic rings. The van der Waals surface area contributed by atoms with Crippen LogP contribution in [-0.4, -0.2) is 26.2 Å². The van der Waals surface area contributed by atoms with Crippen molar-refractivity contribution in [3.63, 3.8) is 0 Å². The van der Waals surface area contributed by atoms with E-state index in [0.29, 0.717) is 0 Å². The summed E-state index contributed by atoms with van der Waals surface area (Å²) in [5, 5.41) is 0. The van der Waals surface area contributed by atoms with E-state index >= 15 is 0 Å². The summed E-state index contributed by atoms with van der Waals surface area (Å²) in [5.74, 6) is -0.656. The van der Waals surface area contributed by atoms with Crippen molar-refractivity contribution in [1.29, 1.82) is 0 Å². The second-order valence-electron chi connectivity index (χ2n) is 1.68. The van der Waals surface area contributed by atoms with E-state index in [0.717, 1.165) is 0 Å². The van der Waals surface area contributed by atoms with Gasteiger partial charge in [0.2, 0.25) is 0 Å². The number of hydrogen-bond acceptors (Lipinski definition) is 4. The van der Waals surface area contributed by atoms with Gasteiger partial charge in [0.15, 0.2) is 0 Å². The molecule has 0 bridgehead atoms. The van der Waals surface area contributed by atoms with Gasteiger partial charge in [-0.15, -0.1) is 3.89 Å². The predicted octanol–water partition coefficient (Wildman–Crippen LogP) is 1.05. The first-order chi connectivity index (χ1) is 4.92. The van der Waals surface area contributed by atoms with Gasteiger partial charge < -0.3 is 4.74 Å². The molecule has 0 aromatic carbocycles. The molecule has 0 unspecified atom stereocenters. The zero-order valence-corrected chi connectivity index (χ0v) is 6.99. The summed E-state index contributed by atoms with van der Waals surface area (Å²) in [6.07, 6.45) is -0.0860. The molecule has 0 heterocycles. The second-order valence-corrected chi connectivity index (χ2v) is 3.48. The van der Waals surface area contributed by atoms with E-state index in [1.165, 1.54) is 0 Å². The zero-order valence-electron chi connectivity index (χ0n) is 5.42. The second kappa shape index (κ2) is 4.50. The van der Waals surface area contributed by atoms with Crippen LogP contribution in [0.1, 0.15) is 6.42 Å². The fraction of sp³-hybridized carbons (Fsp3) is 0.750. The molecule has 0 radical (unpaired) electrons. The molecule has 0 rings (SSSR count). The summed E-state index contributed by atoms with van der Waals surface area (Å²) >= 11 is 4.72. The maximum absolute atomic E-state index is 11.7. The highest BCUT2D eigenvalue weighted by Gasteiger charge is 2.06. The molecule has 0 atom stereocenters. The normalized spacial score (nSPS) is 11.1. The lowest BCUT2D eigenvalue weighted by molar-refractivity contribution is 0.173. The van der Waals surface area contributed by atoms with Gasteiger partial charge in [0.25, 0.3) is 0 Å². The standard InChI is InChI=1S/C4H6ClFO4S/c5-4(7)10-2-1-3-11(6,8)9/h1-3H2. The molecule has 4 nitrogen and oxygen atoms in total. The van der Waals surface area contributed by atoms with Crippen molar-refractivity contribution in [2.75, 3.05) is 12.4 Å².